The van der Waals surface area contributed by atoms with E-state index in [-0.39, 0.29) is 18.9 Å². The molecule has 0 saturated heterocycles. The molecule has 1 saturated carbocycles. The van der Waals surface area contributed by atoms with Gasteiger partial charge in [-0.1, -0.05) is 49.6 Å². The fraction of sp³-hybridized carbons (Fsp3) is 0.348. The van der Waals surface area contributed by atoms with Crippen molar-refractivity contribution in [2.75, 3.05) is 5.32 Å². The third-order valence-electron chi connectivity index (χ3n) is 5.59. The molecule has 0 radical (unpaired) electrons. The molecule has 4 rings (SSSR count). The summed E-state index contributed by atoms with van der Waals surface area (Å²) in [5.74, 6) is 0.262. The number of carboxylic acids is 1. The van der Waals surface area contributed by atoms with Crippen LogP contribution in [0.5, 0.6) is 0 Å². The number of nitrogens with zero attached hydrogens (tertiary/aromatic N) is 2. The largest absolute Gasteiger partial charge is 0.481 e. The maximum atomic E-state index is 12.9. The zero-order valence-electron chi connectivity index (χ0n) is 16.3. The minimum atomic E-state index is -0.924. The molecule has 2 aromatic carbocycles. The number of carbonyl (C=O) groups excluding carboxylic acids is 1. The molecule has 0 bridgehead atoms. The lowest BCUT2D eigenvalue weighted by atomic mass is 9.88. The third-order valence-corrected chi connectivity index (χ3v) is 5.59. The highest BCUT2D eigenvalue weighted by Gasteiger charge is 2.23. The predicted molar refractivity (Wildman–Crippen MR) is 112 cm³/mol. The molecule has 150 valence electrons. The summed E-state index contributed by atoms with van der Waals surface area (Å²) in [6.07, 6.45) is 5.74. The van der Waals surface area contributed by atoms with Crippen LogP contribution in [0.1, 0.15) is 49.4 Å². The van der Waals surface area contributed by atoms with Gasteiger partial charge in [-0.2, -0.15) is 0 Å². The Morgan fingerprint density at radius 3 is 2.55 bits per heavy atom. The first-order chi connectivity index (χ1) is 14.1. The lowest BCUT2D eigenvalue weighted by molar-refractivity contribution is -0.136. The molecule has 0 unspecified atom stereocenters. The number of hydrogen-bond acceptors (Lipinski definition) is 3. The minimum Gasteiger partial charge on any atom is -0.481 e. The Morgan fingerprint density at radius 1 is 1.03 bits per heavy atom. The number of para-hydroxylation sites is 3. The summed E-state index contributed by atoms with van der Waals surface area (Å²) >= 11 is 0. The Balaban J connectivity index is 1.60. The molecule has 1 heterocycles. The van der Waals surface area contributed by atoms with E-state index in [4.69, 9.17) is 10.1 Å². The molecule has 0 atom stereocenters. The van der Waals surface area contributed by atoms with E-state index >= 15 is 0 Å². The normalized spacial score (nSPS) is 14.8. The fourth-order valence-corrected chi connectivity index (χ4v) is 4.23. The van der Waals surface area contributed by atoms with Crippen LogP contribution in [0.25, 0.3) is 11.0 Å². The third kappa shape index (κ3) is 4.31. The van der Waals surface area contributed by atoms with Crippen LogP contribution in [0, 0.1) is 0 Å². The van der Waals surface area contributed by atoms with Crippen molar-refractivity contribution < 1.29 is 14.7 Å². The van der Waals surface area contributed by atoms with Crippen LogP contribution in [0.15, 0.2) is 48.5 Å². The first kappa shape index (κ1) is 19.2. The van der Waals surface area contributed by atoms with E-state index in [1.165, 1.54) is 19.3 Å². The fourth-order valence-electron chi connectivity index (χ4n) is 4.23. The number of aliphatic carboxylic acids is 1. The second-order valence-corrected chi connectivity index (χ2v) is 7.66. The quantitative estimate of drug-likeness (QED) is 0.654. The maximum absolute atomic E-state index is 12.9. The van der Waals surface area contributed by atoms with Crippen molar-refractivity contribution in [1.82, 2.24) is 9.55 Å². The number of imidazole rings is 1. The summed E-state index contributed by atoms with van der Waals surface area (Å²) in [7, 11) is 0. The van der Waals surface area contributed by atoms with E-state index in [2.05, 4.69) is 5.32 Å². The highest BCUT2D eigenvalue weighted by molar-refractivity contribution is 5.93. The standard InChI is InChI=1S/C23H25N3O3/c27-21(24-18-11-5-4-10-17(18)14-22(28)29)15-26-20-13-7-6-12-19(20)25-23(26)16-8-2-1-3-9-16/h4-7,10-13,16H,1-3,8-9,14-15H2,(H,24,27)(H,28,29). The maximum Gasteiger partial charge on any atom is 0.307 e. The van der Waals surface area contributed by atoms with Gasteiger partial charge >= 0.3 is 5.97 Å². The van der Waals surface area contributed by atoms with Gasteiger partial charge in [0, 0.05) is 11.6 Å². The minimum absolute atomic E-state index is 0.127. The molecule has 0 spiro atoms. The smallest absolute Gasteiger partial charge is 0.307 e. The summed E-state index contributed by atoms with van der Waals surface area (Å²) in [5.41, 5.74) is 3.01. The van der Waals surface area contributed by atoms with E-state index < -0.39 is 5.97 Å². The highest BCUT2D eigenvalue weighted by Crippen LogP contribution is 2.34. The van der Waals surface area contributed by atoms with Gasteiger partial charge in [-0.25, -0.2) is 4.98 Å². The van der Waals surface area contributed by atoms with E-state index in [9.17, 15) is 9.59 Å². The second-order valence-electron chi connectivity index (χ2n) is 7.66. The molecule has 6 heteroatoms. The number of nitrogens with one attached hydrogen (secondary N) is 1. The van der Waals surface area contributed by atoms with Crippen molar-refractivity contribution in [3.05, 3.63) is 59.9 Å². The van der Waals surface area contributed by atoms with Crippen molar-refractivity contribution in [3.8, 4) is 0 Å². The molecular formula is C23H25N3O3. The molecule has 0 aliphatic heterocycles. The topological polar surface area (TPSA) is 84.2 Å². The molecule has 6 nitrogen and oxygen atoms in total. The first-order valence-corrected chi connectivity index (χ1v) is 10.2. The first-order valence-electron chi connectivity index (χ1n) is 10.2. The number of rotatable bonds is 6. The van der Waals surface area contributed by atoms with Crippen LogP contribution in [0.3, 0.4) is 0 Å². The van der Waals surface area contributed by atoms with Crippen molar-refractivity contribution in [3.63, 3.8) is 0 Å². The SMILES string of the molecule is O=C(O)Cc1ccccc1NC(=O)Cn1c(C2CCCCC2)nc2ccccc21. The number of amides is 1. The summed E-state index contributed by atoms with van der Waals surface area (Å²) in [6, 6.07) is 14.9. The molecule has 1 aliphatic carbocycles. The van der Waals surface area contributed by atoms with Gasteiger partial charge in [0.1, 0.15) is 12.4 Å². The Bertz CT molecular complexity index is 1030. The van der Waals surface area contributed by atoms with Crippen LogP contribution in [0.2, 0.25) is 0 Å². The van der Waals surface area contributed by atoms with Gasteiger partial charge in [0.05, 0.1) is 17.5 Å². The Morgan fingerprint density at radius 2 is 1.76 bits per heavy atom. The summed E-state index contributed by atoms with van der Waals surface area (Å²) in [6.45, 7) is 0.160. The van der Waals surface area contributed by atoms with E-state index in [1.54, 1.807) is 24.3 Å². The van der Waals surface area contributed by atoms with Crippen LogP contribution in [-0.2, 0) is 22.6 Å². The van der Waals surface area contributed by atoms with Gasteiger partial charge in [-0.3, -0.25) is 9.59 Å². The van der Waals surface area contributed by atoms with Gasteiger partial charge in [0.15, 0.2) is 0 Å². The van der Waals surface area contributed by atoms with Gasteiger partial charge in [-0.15, -0.1) is 0 Å². The molecule has 2 N–H and O–H groups in total. The Kier molecular flexibility index (Phi) is 5.60. The van der Waals surface area contributed by atoms with E-state index in [1.807, 2.05) is 28.8 Å². The predicted octanol–water partition coefficient (Wildman–Crippen LogP) is 4.35. The lowest BCUT2D eigenvalue weighted by Crippen LogP contribution is -2.22. The number of anilines is 1. The average molecular weight is 391 g/mol. The Hall–Kier alpha value is -3.15. The summed E-state index contributed by atoms with van der Waals surface area (Å²) < 4.78 is 2.03. The van der Waals surface area contributed by atoms with Gasteiger partial charge in [0.25, 0.3) is 0 Å². The van der Waals surface area contributed by atoms with Crippen LogP contribution < -0.4 is 5.32 Å². The molecule has 1 aliphatic rings. The average Bonchev–Trinajstić information content (AvgIpc) is 3.08. The van der Waals surface area contributed by atoms with Crippen LogP contribution >= 0.6 is 0 Å². The van der Waals surface area contributed by atoms with E-state index in [0.717, 1.165) is 29.7 Å². The van der Waals surface area contributed by atoms with Crippen molar-refractivity contribution in [2.24, 2.45) is 0 Å². The number of hydrogen-bond donors (Lipinski definition) is 2. The van der Waals surface area contributed by atoms with Gasteiger partial charge < -0.3 is 15.0 Å². The lowest BCUT2D eigenvalue weighted by Gasteiger charge is -2.22. The zero-order chi connectivity index (χ0) is 20.2. The molecule has 1 amide bonds. The zero-order valence-corrected chi connectivity index (χ0v) is 16.3. The van der Waals surface area contributed by atoms with Crippen LogP contribution in [0.4, 0.5) is 5.69 Å². The second kappa shape index (κ2) is 8.47. The molecule has 1 aromatic heterocycles. The number of fused-ring (bicyclic) bond motifs is 1. The van der Waals surface area contributed by atoms with Crippen molar-refractivity contribution in [2.45, 2.75) is 51.0 Å². The number of carbonyl (C=O) groups is 2. The summed E-state index contributed by atoms with van der Waals surface area (Å²) in [5, 5.41) is 12.0. The number of carboxylic acid groups (broad SMARTS) is 1. The molecular weight excluding hydrogens is 366 g/mol. The van der Waals surface area contributed by atoms with Crippen molar-refractivity contribution in [1.29, 1.82) is 0 Å². The van der Waals surface area contributed by atoms with Gasteiger partial charge in [-0.05, 0) is 36.6 Å². The van der Waals surface area contributed by atoms with E-state index in [0.29, 0.717) is 17.2 Å². The van der Waals surface area contributed by atoms with Gasteiger partial charge in [0.2, 0.25) is 5.91 Å². The van der Waals surface area contributed by atoms with Crippen molar-refractivity contribution >= 4 is 28.6 Å². The molecule has 29 heavy (non-hydrogen) atoms. The monoisotopic (exact) mass is 391 g/mol. The summed E-state index contributed by atoms with van der Waals surface area (Å²) in [4.78, 5) is 28.9. The van der Waals surface area contributed by atoms with Crippen LogP contribution in [-0.4, -0.2) is 26.5 Å². The molecule has 3 aromatic rings. The number of aromatic nitrogens is 2. The molecule has 1 fully saturated rings. The number of benzene rings is 2. The Labute approximate surface area is 169 Å². The highest BCUT2D eigenvalue weighted by atomic mass is 16.4.